The van der Waals surface area contributed by atoms with Crippen LogP contribution in [0.4, 0.5) is 5.69 Å². The lowest BCUT2D eigenvalue weighted by atomic mass is 10.2. The molecule has 0 aliphatic carbocycles. The highest BCUT2D eigenvalue weighted by atomic mass is 32.2. The lowest BCUT2D eigenvalue weighted by Crippen LogP contribution is -2.21. The van der Waals surface area contributed by atoms with Gasteiger partial charge < -0.3 is 10.3 Å². The number of hydrogen-bond donors (Lipinski definition) is 1. The summed E-state index contributed by atoms with van der Waals surface area (Å²) in [5.74, 6) is 0.945. The average molecular weight is 226 g/mol. The first kappa shape index (κ1) is 12.2. The number of aryl methyl sites for hydroxylation is 2. The summed E-state index contributed by atoms with van der Waals surface area (Å²) in [6.07, 6.45) is 1.73. The van der Waals surface area contributed by atoms with E-state index < -0.39 is 0 Å². The minimum absolute atomic E-state index is 0.0334. The number of nitrogens with two attached hydrogens (primary N) is 1. The maximum atomic E-state index is 11.6. The molecule has 3 nitrogen and oxygen atoms in total. The Bertz CT molecular complexity index is 385. The van der Waals surface area contributed by atoms with Crippen LogP contribution >= 0.6 is 11.8 Å². The summed E-state index contributed by atoms with van der Waals surface area (Å²) >= 11 is 1.84. The molecule has 0 aliphatic rings. The minimum Gasteiger partial charge on any atom is -0.397 e. The number of anilines is 1. The van der Waals surface area contributed by atoms with Gasteiger partial charge in [0, 0.05) is 24.6 Å². The summed E-state index contributed by atoms with van der Waals surface area (Å²) in [4.78, 5) is 11.6. The van der Waals surface area contributed by atoms with Gasteiger partial charge in [0.2, 0.25) is 0 Å². The maximum absolute atomic E-state index is 11.6. The van der Waals surface area contributed by atoms with E-state index in [-0.39, 0.29) is 5.56 Å². The Morgan fingerprint density at radius 2 is 2.20 bits per heavy atom. The molecule has 0 spiro atoms. The van der Waals surface area contributed by atoms with Gasteiger partial charge in [-0.25, -0.2) is 0 Å². The molecule has 1 aromatic rings. The van der Waals surface area contributed by atoms with Gasteiger partial charge in [-0.05, 0) is 17.7 Å². The first-order valence-corrected chi connectivity index (χ1v) is 6.13. The van der Waals surface area contributed by atoms with Crippen LogP contribution in [0.25, 0.3) is 0 Å². The molecule has 0 saturated carbocycles. The van der Waals surface area contributed by atoms with Gasteiger partial charge in [0.1, 0.15) is 0 Å². The molecule has 0 fully saturated rings. The highest BCUT2D eigenvalue weighted by Gasteiger charge is 2.01. The first-order chi connectivity index (χ1) is 7.00. The number of aromatic nitrogens is 1. The largest absolute Gasteiger partial charge is 0.397 e. The van der Waals surface area contributed by atoms with Crippen LogP contribution in [0.2, 0.25) is 0 Å². The Balaban J connectivity index is 2.69. The number of hydrogen-bond acceptors (Lipinski definition) is 3. The molecule has 0 radical (unpaired) electrons. The molecular weight excluding hydrogens is 208 g/mol. The van der Waals surface area contributed by atoms with Gasteiger partial charge in [-0.2, -0.15) is 11.8 Å². The molecule has 1 heterocycles. The zero-order valence-electron chi connectivity index (χ0n) is 9.49. The van der Waals surface area contributed by atoms with E-state index in [0.717, 1.165) is 17.9 Å². The Labute approximate surface area is 94.7 Å². The molecule has 0 amide bonds. The third kappa shape index (κ3) is 3.63. The van der Waals surface area contributed by atoms with Crippen LogP contribution in [0.1, 0.15) is 19.4 Å². The lowest BCUT2D eigenvalue weighted by Gasteiger charge is -2.09. The monoisotopic (exact) mass is 226 g/mol. The fourth-order valence-electron chi connectivity index (χ4n) is 1.25. The van der Waals surface area contributed by atoms with Crippen molar-refractivity contribution in [3.05, 3.63) is 28.2 Å². The summed E-state index contributed by atoms with van der Waals surface area (Å²) in [7, 11) is 0. The second-order valence-corrected chi connectivity index (χ2v) is 5.55. The van der Waals surface area contributed by atoms with Crippen LogP contribution in [0.3, 0.4) is 0 Å². The standard InChI is InChI=1S/C11H18N2OS/c1-8(2)15-5-4-13-7-10(12)9(3)6-11(13)14/h6-8H,4-5,12H2,1-3H3. The molecule has 0 unspecified atom stereocenters. The van der Waals surface area contributed by atoms with Crippen LogP contribution in [0, 0.1) is 6.92 Å². The van der Waals surface area contributed by atoms with Gasteiger partial charge in [-0.1, -0.05) is 13.8 Å². The number of thioether (sulfide) groups is 1. The molecule has 0 aromatic carbocycles. The van der Waals surface area contributed by atoms with Crippen LogP contribution in [0.15, 0.2) is 17.1 Å². The molecule has 1 aromatic heterocycles. The van der Waals surface area contributed by atoms with Crippen molar-refractivity contribution in [2.75, 3.05) is 11.5 Å². The summed E-state index contributed by atoms with van der Waals surface area (Å²) in [5, 5.41) is 0.600. The SMILES string of the molecule is Cc1cc(=O)n(CCSC(C)C)cc1N. The Hall–Kier alpha value is -0.900. The van der Waals surface area contributed by atoms with Crippen LogP contribution in [-0.2, 0) is 6.54 Å². The molecule has 0 aliphatic heterocycles. The fourth-order valence-corrected chi connectivity index (χ4v) is 2.02. The number of rotatable bonds is 4. The van der Waals surface area contributed by atoms with Gasteiger partial charge in [0.15, 0.2) is 0 Å². The van der Waals surface area contributed by atoms with E-state index in [9.17, 15) is 4.79 Å². The van der Waals surface area contributed by atoms with Gasteiger partial charge >= 0.3 is 0 Å². The smallest absolute Gasteiger partial charge is 0.250 e. The molecular formula is C11H18N2OS. The van der Waals surface area contributed by atoms with E-state index in [4.69, 9.17) is 5.73 Å². The normalized spacial score (nSPS) is 10.9. The predicted molar refractivity (Wildman–Crippen MR) is 67.4 cm³/mol. The molecule has 0 bridgehead atoms. The highest BCUT2D eigenvalue weighted by Crippen LogP contribution is 2.10. The fraction of sp³-hybridized carbons (Fsp3) is 0.545. The van der Waals surface area contributed by atoms with Crippen molar-refractivity contribution in [1.82, 2.24) is 4.57 Å². The van der Waals surface area contributed by atoms with Crippen molar-refractivity contribution >= 4 is 17.4 Å². The van der Waals surface area contributed by atoms with E-state index in [1.807, 2.05) is 18.7 Å². The van der Waals surface area contributed by atoms with Crippen molar-refractivity contribution in [2.24, 2.45) is 0 Å². The Morgan fingerprint density at radius 1 is 1.53 bits per heavy atom. The highest BCUT2D eigenvalue weighted by molar-refractivity contribution is 7.99. The Kier molecular flexibility index (Phi) is 4.27. The third-order valence-corrected chi connectivity index (χ3v) is 3.24. The lowest BCUT2D eigenvalue weighted by molar-refractivity contribution is 0.734. The van der Waals surface area contributed by atoms with Crippen LogP contribution in [0.5, 0.6) is 0 Å². The zero-order chi connectivity index (χ0) is 11.4. The van der Waals surface area contributed by atoms with E-state index in [0.29, 0.717) is 10.9 Å². The quantitative estimate of drug-likeness (QED) is 0.852. The predicted octanol–water partition coefficient (Wildman–Crippen LogP) is 1.88. The van der Waals surface area contributed by atoms with Crippen LogP contribution in [-0.4, -0.2) is 15.6 Å². The molecule has 2 N–H and O–H groups in total. The molecule has 4 heteroatoms. The van der Waals surface area contributed by atoms with Crippen molar-refractivity contribution in [1.29, 1.82) is 0 Å². The van der Waals surface area contributed by atoms with Gasteiger partial charge in [0.05, 0.1) is 5.69 Å². The molecule has 84 valence electrons. The summed E-state index contributed by atoms with van der Waals surface area (Å²) < 4.78 is 1.68. The van der Waals surface area contributed by atoms with Crippen molar-refractivity contribution in [3.63, 3.8) is 0 Å². The number of nitrogen functional groups attached to an aromatic ring is 1. The van der Waals surface area contributed by atoms with Gasteiger partial charge in [0.25, 0.3) is 5.56 Å². The third-order valence-electron chi connectivity index (χ3n) is 2.16. The first-order valence-electron chi connectivity index (χ1n) is 5.09. The molecule has 15 heavy (non-hydrogen) atoms. The summed E-state index contributed by atoms with van der Waals surface area (Å²) in [5.41, 5.74) is 7.33. The molecule has 0 atom stereocenters. The van der Waals surface area contributed by atoms with Crippen molar-refractivity contribution in [3.8, 4) is 0 Å². The topological polar surface area (TPSA) is 48.0 Å². The molecule has 1 rings (SSSR count). The second-order valence-electron chi connectivity index (χ2n) is 3.86. The van der Waals surface area contributed by atoms with Gasteiger partial charge in [-0.15, -0.1) is 0 Å². The summed E-state index contributed by atoms with van der Waals surface area (Å²) in [6, 6.07) is 1.59. The van der Waals surface area contributed by atoms with E-state index in [1.165, 1.54) is 0 Å². The maximum Gasteiger partial charge on any atom is 0.250 e. The van der Waals surface area contributed by atoms with E-state index in [1.54, 1.807) is 16.8 Å². The van der Waals surface area contributed by atoms with Crippen LogP contribution < -0.4 is 11.3 Å². The van der Waals surface area contributed by atoms with E-state index in [2.05, 4.69) is 13.8 Å². The second kappa shape index (κ2) is 5.26. The van der Waals surface area contributed by atoms with Crippen molar-refractivity contribution < 1.29 is 0 Å². The minimum atomic E-state index is 0.0334. The Morgan fingerprint density at radius 3 is 2.80 bits per heavy atom. The zero-order valence-corrected chi connectivity index (χ0v) is 10.3. The van der Waals surface area contributed by atoms with Crippen molar-refractivity contribution in [2.45, 2.75) is 32.6 Å². The summed E-state index contributed by atoms with van der Waals surface area (Å²) in [6.45, 7) is 6.88. The average Bonchev–Trinajstić information content (AvgIpc) is 2.13. The van der Waals surface area contributed by atoms with Gasteiger partial charge in [-0.3, -0.25) is 4.79 Å². The number of nitrogens with zero attached hydrogens (tertiary/aromatic N) is 1. The van der Waals surface area contributed by atoms with E-state index >= 15 is 0 Å². The number of pyridine rings is 1. The molecule has 0 saturated heterocycles.